The van der Waals surface area contributed by atoms with Gasteiger partial charge in [0, 0.05) is 27.7 Å². The van der Waals surface area contributed by atoms with Gasteiger partial charge in [-0.15, -0.1) is 0 Å². The monoisotopic (exact) mass is 599 g/mol. The minimum atomic E-state index is -1.50. The van der Waals surface area contributed by atoms with Gasteiger partial charge >= 0.3 is 0 Å². The summed E-state index contributed by atoms with van der Waals surface area (Å²) in [4.78, 5) is 0. The fraction of sp³-hybridized carbons (Fsp3) is 0.345. The first-order chi connectivity index (χ1) is 18.7. The lowest BCUT2D eigenvalue weighted by Gasteiger charge is -2.39. The molecule has 3 aromatic carbocycles. The topological polar surface area (TPSA) is 121 Å². The maximum atomic E-state index is 10.3. The Balaban J connectivity index is 1.42. The first kappa shape index (κ1) is 27.7. The van der Waals surface area contributed by atoms with Crippen molar-refractivity contribution in [1.82, 2.24) is 4.59 Å². The zero-order chi connectivity index (χ0) is 27.7. The SMILES string of the molecule is COc1ccc([N+]2(C)N=C(c3ccc(Br)cc3)CC2c2ccc(OC3OC(CO)C(O)C(O)C3O)cc2)cc1. The molecule has 2 aliphatic heterocycles. The predicted octanol–water partition coefficient (Wildman–Crippen LogP) is 3.12. The third-order valence-electron chi connectivity index (χ3n) is 7.46. The number of rotatable bonds is 7. The Labute approximate surface area is 235 Å². The highest BCUT2D eigenvalue weighted by Crippen LogP contribution is 2.43. The largest absolute Gasteiger partial charge is 0.497 e. The van der Waals surface area contributed by atoms with Crippen LogP contribution in [0.5, 0.6) is 11.5 Å². The van der Waals surface area contributed by atoms with E-state index in [1.807, 2.05) is 48.5 Å². The first-order valence-electron chi connectivity index (χ1n) is 12.7. The van der Waals surface area contributed by atoms with Crippen LogP contribution >= 0.6 is 15.9 Å². The number of benzene rings is 3. The van der Waals surface area contributed by atoms with Crippen LogP contribution in [0.4, 0.5) is 5.69 Å². The Morgan fingerprint density at radius 2 is 1.54 bits per heavy atom. The standard InChI is InChI=1S/C29H32BrN2O7/c1-32(20-9-13-21(37-2)14-10-20)24(15-23(31-32)17-3-7-19(30)8-4-17)18-5-11-22(12-6-18)38-29-28(36)27(35)26(34)25(16-33)39-29/h3-14,24-29,33-36H,15-16H2,1-2H3/q+1. The molecule has 3 aromatic rings. The number of hydrogen-bond acceptors (Lipinski definition) is 8. The molecule has 9 nitrogen and oxygen atoms in total. The molecule has 0 radical (unpaired) electrons. The van der Waals surface area contributed by atoms with Gasteiger partial charge in [-0.1, -0.05) is 33.2 Å². The average Bonchev–Trinajstić information content (AvgIpc) is 3.32. The first-order valence-corrected chi connectivity index (χ1v) is 13.5. The van der Waals surface area contributed by atoms with Gasteiger partial charge < -0.3 is 34.6 Å². The van der Waals surface area contributed by atoms with Crippen LogP contribution in [0.2, 0.25) is 0 Å². The van der Waals surface area contributed by atoms with Gasteiger partial charge in [0.1, 0.15) is 47.7 Å². The van der Waals surface area contributed by atoms with E-state index in [1.165, 1.54) is 0 Å². The Morgan fingerprint density at radius 3 is 2.15 bits per heavy atom. The molecule has 0 bridgehead atoms. The second-order valence-electron chi connectivity index (χ2n) is 9.88. The second-order valence-corrected chi connectivity index (χ2v) is 10.8. The van der Waals surface area contributed by atoms with Crippen molar-refractivity contribution >= 4 is 27.3 Å². The van der Waals surface area contributed by atoms with Crippen LogP contribution in [0, 0.1) is 0 Å². The summed E-state index contributed by atoms with van der Waals surface area (Å²) in [6.07, 6.45) is -6.00. The van der Waals surface area contributed by atoms with Gasteiger partial charge in [0.05, 0.1) is 27.2 Å². The van der Waals surface area contributed by atoms with Gasteiger partial charge in [-0.25, -0.2) is 0 Å². The smallest absolute Gasteiger partial charge is 0.229 e. The van der Waals surface area contributed by atoms with Crippen LogP contribution in [0.25, 0.3) is 0 Å². The quantitative estimate of drug-likeness (QED) is 0.308. The number of nitrogens with zero attached hydrogens (tertiary/aromatic N) is 2. The van der Waals surface area contributed by atoms with Crippen LogP contribution in [0.1, 0.15) is 23.6 Å². The molecule has 206 valence electrons. The lowest BCUT2D eigenvalue weighted by Crippen LogP contribution is -2.60. The van der Waals surface area contributed by atoms with E-state index in [-0.39, 0.29) is 6.04 Å². The Hall–Kier alpha value is -2.83. The van der Waals surface area contributed by atoms with Crippen LogP contribution in [0.15, 0.2) is 82.4 Å². The van der Waals surface area contributed by atoms with E-state index < -0.39 is 37.3 Å². The van der Waals surface area contributed by atoms with Crippen LogP contribution in [-0.2, 0) is 4.74 Å². The minimum Gasteiger partial charge on any atom is -0.497 e. The zero-order valence-corrected chi connectivity index (χ0v) is 23.2. The Morgan fingerprint density at radius 1 is 0.897 bits per heavy atom. The molecule has 7 atom stereocenters. The highest BCUT2D eigenvalue weighted by molar-refractivity contribution is 9.10. The maximum Gasteiger partial charge on any atom is 0.229 e. The highest BCUT2D eigenvalue weighted by Gasteiger charge is 2.46. The second kappa shape index (κ2) is 11.3. The van der Waals surface area contributed by atoms with Crippen LogP contribution < -0.4 is 14.1 Å². The number of quaternary nitrogens is 1. The Bertz CT molecular complexity index is 1300. The average molecular weight is 600 g/mol. The fourth-order valence-corrected chi connectivity index (χ4v) is 5.40. The molecule has 2 heterocycles. The van der Waals surface area contributed by atoms with Crippen molar-refractivity contribution in [3.8, 4) is 11.5 Å². The van der Waals surface area contributed by atoms with Crippen molar-refractivity contribution in [1.29, 1.82) is 0 Å². The zero-order valence-electron chi connectivity index (χ0n) is 21.6. The molecule has 0 aliphatic carbocycles. The van der Waals surface area contributed by atoms with E-state index in [0.717, 1.165) is 32.7 Å². The molecule has 1 saturated heterocycles. The molecule has 7 unspecified atom stereocenters. The van der Waals surface area contributed by atoms with Crippen molar-refractivity contribution in [3.63, 3.8) is 0 Å². The number of aliphatic hydroxyl groups excluding tert-OH is 4. The minimum absolute atomic E-state index is 0.0293. The third-order valence-corrected chi connectivity index (χ3v) is 7.99. The summed E-state index contributed by atoms with van der Waals surface area (Å²) in [7, 11) is 3.72. The maximum absolute atomic E-state index is 10.3. The number of ether oxygens (including phenoxy) is 3. The lowest BCUT2D eigenvalue weighted by atomic mass is 9.97. The summed E-state index contributed by atoms with van der Waals surface area (Å²) < 4.78 is 17.9. The molecule has 2 aliphatic rings. The van der Waals surface area contributed by atoms with Gasteiger partial charge in [-0.2, -0.15) is 4.59 Å². The van der Waals surface area contributed by atoms with E-state index in [0.29, 0.717) is 16.8 Å². The molecule has 0 aromatic heterocycles. The molecule has 39 heavy (non-hydrogen) atoms. The van der Waals surface area contributed by atoms with E-state index in [1.54, 1.807) is 19.2 Å². The van der Waals surface area contributed by atoms with Crippen molar-refractivity contribution < 1.29 is 34.6 Å². The summed E-state index contributed by atoms with van der Waals surface area (Å²) in [5, 5.41) is 45.1. The van der Waals surface area contributed by atoms with Crippen molar-refractivity contribution in [2.75, 3.05) is 20.8 Å². The molecule has 10 heteroatoms. The normalized spacial score (nSPS) is 30.6. The molecule has 0 spiro atoms. The van der Waals surface area contributed by atoms with Crippen LogP contribution in [0.3, 0.4) is 0 Å². The summed E-state index contributed by atoms with van der Waals surface area (Å²) in [6, 6.07) is 23.4. The van der Waals surface area contributed by atoms with Crippen molar-refractivity contribution in [2.45, 2.75) is 43.2 Å². The Kier molecular flexibility index (Phi) is 8.06. The predicted molar refractivity (Wildman–Crippen MR) is 150 cm³/mol. The summed E-state index contributed by atoms with van der Waals surface area (Å²) in [5.74, 6) is 1.18. The summed E-state index contributed by atoms with van der Waals surface area (Å²) in [5.41, 5.74) is 4.09. The highest BCUT2D eigenvalue weighted by atomic mass is 79.9. The molecule has 0 amide bonds. The summed E-state index contributed by atoms with van der Waals surface area (Å²) >= 11 is 3.50. The van der Waals surface area contributed by atoms with Gasteiger partial charge in [0.25, 0.3) is 0 Å². The molecule has 5 rings (SSSR count). The van der Waals surface area contributed by atoms with E-state index in [9.17, 15) is 20.4 Å². The number of aliphatic hydroxyl groups is 4. The fourth-order valence-electron chi connectivity index (χ4n) is 5.14. The molecule has 1 fully saturated rings. The van der Waals surface area contributed by atoms with Crippen molar-refractivity contribution in [2.24, 2.45) is 5.10 Å². The van der Waals surface area contributed by atoms with E-state index >= 15 is 0 Å². The van der Waals surface area contributed by atoms with Gasteiger partial charge in [-0.05, 0) is 48.5 Å². The van der Waals surface area contributed by atoms with Gasteiger partial charge in [0.2, 0.25) is 6.29 Å². The molecular formula is C29H32BrN2O7+. The van der Waals surface area contributed by atoms with Crippen LogP contribution in [-0.4, -0.2) is 77.6 Å². The molecule has 0 saturated carbocycles. The van der Waals surface area contributed by atoms with Gasteiger partial charge in [-0.3, -0.25) is 0 Å². The van der Waals surface area contributed by atoms with E-state index in [2.05, 4.69) is 35.1 Å². The number of halogens is 1. The van der Waals surface area contributed by atoms with Gasteiger partial charge in [0.15, 0.2) is 5.69 Å². The number of hydrogen-bond donors (Lipinski definition) is 4. The van der Waals surface area contributed by atoms with Crippen molar-refractivity contribution in [3.05, 3.63) is 88.4 Å². The molecular weight excluding hydrogens is 568 g/mol. The van der Waals surface area contributed by atoms with E-state index in [4.69, 9.17) is 19.3 Å². The summed E-state index contributed by atoms with van der Waals surface area (Å²) in [6.45, 7) is -0.520. The number of methoxy groups -OCH3 is 1. The third kappa shape index (κ3) is 5.46. The lowest BCUT2D eigenvalue weighted by molar-refractivity contribution is -0.277. The molecule has 4 N–H and O–H groups in total.